The van der Waals surface area contributed by atoms with Gasteiger partial charge in [0.15, 0.2) is 0 Å². The first kappa shape index (κ1) is 18.3. The SMILES string of the molecule is Cl.Cl.O=C(NC1CCN2CCCCC12)C1CC12CCNCC2. The molecular formula is C16H29Cl2N3O. The zero-order valence-corrected chi connectivity index (χ0v) is 14.8. The largest absolute Gasteiger partial charge is 0.351 e. The molecule has 0 radical (unpaired) electrons. The summed E-state index contributed by atoms with van der Waals surface area (Å²) in [6.07, 6.45) is 8.67. The first-order valence-electron chi connectivity index (χ1n) is 8.54. The Labute approximate surface area is 146 Å². The number of hydrogen-bond donors (Lipinski definition) is 2. The topological polar surface area (TPSA) is 44.4 Å². The summed E-state index contributed by atoms with van der Waals surface area (Å²) in [6.45, 7) is 4.64. The third kappa shape index (κ3) is 3.26. The molecule has 128 valence electrons. The number of nitrogens with zero attached hydrogens (tertiary/aromatic N) is 1. The first-order chi connectivity index (χ1) is 9.78. The summed E-state index contributed by atoms with van der Waals surface area (Å²) in [5, 5.41) is 6.82. The summed E-state index contributed by atoms with van der Waals surface area (Å²) in [5.41, 5.74) is 0.375. The molecule has 3 saturated heterocycles. The van der Waals surface area contributed by atoms with E-state index in [0.717, 1.165) is 25.9 Å². The van der Waals surface area contributed by atoms with Gasteiger partial charge in [0.25, 0.3) is 0 Å². The highest BCUT2D eigenvalue weighted by Crippen LogP contribution is 2.58. The van der Waals surface area contributed by atoms with Gasteiger partial charge in [-0.3, -0.25) is 9.69 Å². The molecule has 4 fully saturated rings. The molecule has 4 nitrogen and oxygen atoms in total. The van der Waals surface area contributed by atoms with Crippen LogP contribution in [-0.2, 0) is 4.79 Å². The zero-order chi connectivity index (χ0) is 13.6. The van der Waals surface area contributed by atoms with Crippen molar-refractivity contribution in [2.24, 2.45) is 11.3 Å². The lowest BCUT2D eigenvalue weighted by molar-refractivity contribution is -0.124. The van der Waals surface area contributed by atoms with Gasteiger partial charge in [0, 0.05) is 24.5 Å². The van der Waals surface area contributed by atoms with Crippen molar-refractivity contribution in [2.75, 3.05) is 26.2 Å². The van der Waals surface area contributed by atoms with Crippen LogP contribution in [0.15, 0.2) is 0 Å². The van der Waals surface area contributed by atoms with Gasteiger partial charge in [0.2, 0.25) is 5.91 Å². The number of halogens is 2. The van der Waals surface area contributed by atoms with Crippen LogP contribution >= 0.6 is 24.8 Å². The normalized spacial score (nSPS) is 35.9. The minimum Gasteiger partial charge on any atom is -0.351 e. The number of nitrogens with one attached hydrogen (secondary N) is 2. The number of carbonyl (C=O) groups is 1. The maximum atomic E-state index is 12.6. The van der Waals surface area contributed by atoms with E-state index in [1.54, 1.807) is 0 Å². The fourth-order valence-electron chi connectivity index (χ4n) is 4.89. The molecule has 1 saturated carbocycles. The van der Waals surface area contributed by atoms with E-state index in [9.17, 15) is 4.79 Å². The predicted octanol–water partition coefficient (Wildman–Crippen LogP) is 1.96. The fraction of sp³-hybridized carbons (Fsp3) is 0.938. The summed E-state index contributed by atoms with van der Waals surface area (Å²) >= 11 is 0. The molecule has 0 aromatic rings. The molecule has 1 aliphatic carbocycles. The Balaban J connectivity index is 0.000000882. The number of amides is 1. The van der Waals surface area contributed by atoms with E-state index in [1.807, 2.05) is 0 Å². The number of rotatable bonds is 2. The quantitative estimate of drug-likeness (QED) is 0.800. The lowest BCUT2D eigenvalue weighted by Gasteiger charge is -2.32. The molecule has 4 rings (SSSR count). The maximum absolute atomic E-state index is 12.6. The van der Waals surface area contributed by atoms with Crippen LogP contribution in [0.1, 0.15) is 44.9 Å². The van der Waals surface area contributed by atoms with Crippen molar-refractivity contribution in [1.82, 2.24) is 15.5 Å². The van der Waals surface area contributed by atoms with E-state index in [4.69, 9.17) is 0 Å². The molecular weight excluding hydrogens is 321 g/mol. The van der Waals surface area contributed by atoms with Crippen LogP contribution in [0.2, 0.25) is 0 Å². The molecule has 4 aliphatic rings. The molecule has 22 heavy (non-hydrogen) atoms. The van der Waals surface area contributed by atoms with Gasteiger partial charge in [-0.1, -0.05) is 6.42 Å². The Morgan fingerprint density at radius 2 is 1.86 bits per heavy atom. The van der Waals surface area contributed by atoms with Crippen molar-refractivity contribution in [3.63, 3.8) is 0 Å². The van der Waals surface area contributed by atoms with E-state index in [0.29, 0.717) is 29.3 Å². The van der Waals surface area contributed by atoms with E-state index >= 15 is 0 Å². The third-order valence-corrected chi connectivity index (χ3v) is 6.29. The van der Waals surface area contributed by atoms with Gasteiger partial charge in [-0.2, -0.15) is 0 Å². The fourth-order valence-corrected chi connectivity index (χ4v) is 4.89. The monoisotopic (exact) mass is 349 g/mol. The molecule has 0 aromatic heterocycles. The number of carbonyl (C=O) groups excluding carboxylic acids is 1. The standard InChI is InChI=1S/C16H27N3O.2ClH/c20-15(12-11-16(12)5-7-17-8-6-16)18-13-4-10-19-9-2-1-3-14(13)19;;/h12-14,17H,1-11H2,(H,18,20);2*1H. The average Bonchev–Trinajstić information content (AvgIpc) is 3.02. The third-order valence-electron chi connectivity index (χ3n) is 6.29. The van der Waals surface area contributed by atoms with Crippen LogP contribution in [0, 0.1) is 11.3 Å². The number of piperidine rings is 2. The van der Waals surface area contributed by atoms with Gasteiger partial charge in [-0.15, -0.1) is 24.8 Å². The first-order valence-corrected chi connectivity index (χ1v) is 8.54. The Morgan fingerprint density at radius 1 is 1.09 bits per heavy atom. The van der Waals surface area contributed by atoms with E-state index < -0.39 is 0 Å². The van der Waals surface area contributed by atoms with Gasteiger partial charge in [-0.05, 0) is 63.6 Å². The van der Waals surface area contributed by atoms with Gasteiger partial charge >= 0.3 is 0 Å². The molecule has 6 heteroatoms. The smallest absolute Gasteiger partial charge is 0.223 e. The highest BCUT2D eigenvalue weighted by molar-refractivity contribution is 5.85. The lowest BCUT2D eigenvalue weighted by atomic mass is 9.91. The van der Waals surface area contributed by atoms with Crippen LogP contribution in [0.3, 0.4) is 0 Å². The number of fused-ring (bicyclic) bond motifs is 1. The minimum atomic E-state index is 0. The molecule has 0 bridgehead atoms. The summed E-state index contributed by atoms with van der Waals surface area (Å²) in [6, 6.07) is 1.07. The predicted molar refractivity (Wildman–Crippen MR) is 92.9 cm³/mol. The van der Waals surface area contributed by atoms with Gasteiger partial charge in [-0.25, -0.2) is 0 Å². The second kappa shape index (κ2) is 7.25. The molecule has 2 N–H and O–H groups in total. The van der Waals surface area contributed by atoms with Crippen molar-refractivity contribution in [3.8, 4) is 0 Å². The van der Waals surface area contributed by atoms with Crippen molar-refractivity contribution >= 4 is 30.7 Å². The van der Waals surface area contributed by atoms with Crippen molar-refractivity contribution < 1.29 is 4.79 Å². The summed E-state index contributed by atoms with van der Waals surface area (Å²) in [7, 11) is 0. The second-order valence-electron chi connectivity index (χ2n) is 7.37. The van der Waals surface area contributed by atoms with Gasteiger partial charge in [0.1, 0.15) is 0 Å². The van der Waals surface area contributed by atoms with Crippen LogP contribution < -0.4 is 10.6 Å². The van der Waals surface area contributed by atoms with Crippen LogP contribution in [0.5, 0.6) is 0 Å². The average molecular weight is 350 g/mol. The van der Waals surface area contributed by atoms with Crippen molar-refractivity contribution in [1.29, 1.82) is 0 Å². The molecule has 3 aliphatic heterocycles. The Bertz CT molecular complexity index is 401. The minimum absolute atomic E-state index is 0. The van der Waals surface area contributed by atoms with Gasteiger partial charge in [0.05, 0.1) is 0 Å². The van der Waals surface area contributed by atoms with E-state index in [-0.39, 0.29) is 24.8 Å². The van der Waals surface area contributed by atoms with Crippen molar-refractivity contribution in [3.05, 3.63) is 0 Å². The highest BCUT2D eigenvalue weighted by Gasteiger charge is 2.58. The second-order valence-corrected chi connectivity index (χ2v) is 7.37. The van der Waals surface area contributed by atoms with E-state index in [1.165, 1.54) is 45.2 Å². The molecule has 1 amide bonds. The Morgan fingerprint density at radius 3 is 2.64 bits per heavy atom. The van der Waals surface area contributed by atoms with Gasteiger partial charge < -0.3 is 10.6 Å². The Kier molecular flexibility index (Phi) is 6.03. The lowest BCUT2D eigenvalue weighted by Crippen LogP contribution is -2.47. The molecule has 3 heterocycles. The zero-order valence-electron chi connectivity index (χ0n) is 13.2. The summed E-state index contributed by atoms with van der Waals surface area (Å²) in [5.74, 6) is 0.687. The molecule has 1 spiro atoms. The Hall–Kier alpha value is -0.0300. The van der Waals surface area contributed by atoms with E-state index in [2.05, 4.69) is 15.5 Å². The van der Waals surface area contributed by atoms with Crippen LogP contribution in [0.4, 0.5) is 0 Å². The van der Waals surface area contributed by atoms with Crippen molar-refractivity contribution in [2.45, 2.75) is 57.0 Å². The maximum Gasteiger partial charge on any atom is 0.223 e. The molecule has 0 aromatic carbocycles. The summed E-state index contributed by atoms with van der Waals surface area (Å²) < 4.78 is 0. The number of hydrogen-bond acceptors (Lipinski definition) is 3. The molecule has 3 atom stereocenters. The van der Waals surface area contributed by atoms with Crippen LogP contribution in [-0.4, -0.2) is 49.1 Å². The summed E-state index contributed by atoms with van der Waals surface area (Å²) in [4.78, 5) is 15.2. The molecule has 3 unspecified atom stereocenters. The highest BCUT2D eigenvalue weighted by atomic mass is 35.5. The van der Waals surface area contributed by atoms with Crippen LogP contribution in [0.25, 0.3) is 0 Å².